The van der Waals surface area contributed by atoms with Gasteiger partial charge in [0.2, 0.25) is 5.91 Å². The third-order valence-corrected chi connectivity index (χ3v) is 4.57. The highest BCUT2D eigenvalue weighted by atomic mass is 16.5. The van der Waals surface area contributed by atoms with Crippen LogP contribution in [0, 0.1) is 0 Å². The van der Waals surface area contributed by atoms with Gasteiger partial charge in [0, 0.05) is 35.6 Å². The maximum atomic E-state index is 12.4. The normalized spacial score (nSPS) is 13.9. The monoisotopic (exact) mass is 368 g/mol. The summed E-state index contributed by atoms with van der Waals surface area (Å²) >= 11 is 0. The van der Waals surface area contributed by atoms with E-state index >= 15 is 0 Å². The van der Waals surface area contributed by atoms with Gasteiger partial charge in [-0.25, -0.2) is 0 Å². The molecule has 1 fully saturated rings. The Morgan fingerprint density at radius 1 is 1.11 bits per heavy atom. The van der Waals surface area contributed by atoms with Gasteiger partial charge in [-0.3, -0.25) is 9.59 Å². The third-order valence-electron chi connectivity index (χ3n) is 4.57. The van der Waals surface area contributed by atoms with Crippen molar-refractivity contribution >= 4 is 23.1 Å². The lowest BCUT2D eigenvalue weighted by molar-refractivity contribution is -0.115. The minimum absolute atomic E-state index is 0.0435. The zero-order valence-electron chi connectivity index (χ0n) is 15.7. The fraction of sp³-hybridized carbons (Fsp3) is 0.333. The first-order chi connectivity index (χ1) is 13.1. The van der Waals surface area contributed by atoms with E-state index in [2.05, 4.69) is 10.2 Å². The lowest BCUT2D eigenvalue weighted by Crippen LogP contribution is -2.36. The number of ketones is 1. The van der Waals surface area contributed by atoms with Gasteiger partial charge < -0.3 is 19.7 Å². The number of methoxy groups -OCH3 is 1. The molecular weight excluding hydrogens is 344 g/mol. The Kier molecular flexibility index (Phi) is 6.08. The van der Waals surface area contributed by atoms with Crippen LogP contribution in [0.4, 0.5) is 11.4 Å². The van der Waals surface area contributed by atoms with Gasteiger partial charge in [-0.05, 0) is 49.4 Å². The maximum absolute atomic E-state index is 12.4. The summed E-state index contributed by atoms with van der Waals surface area (Å²) in [4.78, 5) is 26.3. The number of hydrogen-bond acceptors (Lipinski definition) is 5. The summed E-state index contributed by atoms with van der Waals surface area (Å²) in [5.41, 5.74) is 3.10. The van der Waals surface area contributed by atoms with Crippen LogP contribution in [0.5, 0.6) is 5.75 Å². The highest BCUT2D eigenvalue weighted by molar-refractivity contribution is 5.96. The molecule has 1 N–H and O–H groups in total. The lowest BCUT2D eigenvalue weighted by atomic mass is 10.0. The number of anilines is 2. The van der Waals surface area contributed by atoms with Crippen molar-refractivity contribution in [3.8, 4) is 5.75 Å². The van der Waals surface area contributed by atoms with Crippen molar-refractivity contribution in [2.24, 2.45) is 0 Å². The van der Waals surface area contributed by atoms with Gasteiger partial charge in [-0.1, -0.05) is 0 Å². The second kappa shape index (κ2) is 8.68. The Bertz CT molecular complexity index is 811. The van der Waals surface area contributed by atoms with E-state index in [0.29, 0.717) is 16.9 Å². The minimum Gasteiger partial charge on any atom is -0.496 e. The predicted octanol–water partition coefficient (Wildman–Crippen LogP) is 2.92. The van der Waals surface area contributed by atoms with Crippen LogP contribution in [0.1, 0.15) is 22.8 Å². The highest BCUT2D eigenvalue weighted by Crippen LogP contribution is 2.22. The molecule has 27 heavy (non-hydrogen) atoms. The van der Waals surface area contributed by atoms with Crippen LogP contribution in [0.3, 0.4) is 0 Å². The van der Waals surface area contributed by atoms with E-state index in [1.807, 2.05) is 24.3 Å². The first-order valence-corrected chi connectivity index (χ1v) is 8.97. The summed E-state index contributed by atoms with van der Waals surface area (Å²) < 4.78 is 10.7. The van der Waals surface area contributed by atoms with Gasteiger partial charge in [0.05, 0.1) is 26.7 Å². The summed E-state index contributed by atoms with van der Waals surface area (Å²) in [6.45, 7) is 4.72. The number of morpholine rings is 1. The molecule has 2 aromatic carbocycles. The molecule has 1 aliphatic rings. The quantitative estimate of drug-likeness (QED) is 0.794. The van der Waals surface area contributed by atoms with Crippen molar-refractivity contribution in [3.05, 3.63) is 53.6 Å². The van der Waals surface area contributed by atoms with Gasteiger partial charge in [0.25, 0.3) is 0 Å². The molecule has 0 bridgehead atoms. The van der Waals surface area contributed by atoms with Crippen LogP contribution >= 0.6 is 0 Å². The van der Waals surface area contributed by atoms with Crippen LogP contribution in [0.25, 0.3) is 0 Å². The number of rotatable bonds is 6. The Morgan fingerprint density at radius 2 is 1.81 bits per heavy atom. The SMILES string of the molecule is COc1ccc(C(C)=O)cc1CC(=O)Nc1ccc(N2CCOCC2)cc1. The molecule has 1 aliphatic heterocycles. The zero-order valence-corrected chi connectivity index (χ0v) is 15.7. The standard InChI is InChI=1S/C21H24N2O4/c1-15(24)16-3-8-20(26-2)17(13-16)14-21(25)22-18-4-6-19(7-5-18)23-9-11-27-12-10-23/h3-8,13H,9-12,14H2,1-2H3,(H,22,25). The van der Waals surface area contributed by atoms with Crippen molar-refractivity contribution in [2.45, 2.75) is 13.3 Å². The molecule has 142 valence electrons. The average molecular weight is 368 g/mol. The summed E-state index contributed by atoms with van der Waals surface area (Å²) in [6, 6.07) is 12.9. The van der Waals surface area contributed by atoms with Crippen molar-refractivity contribution in [2.75, 3.05) is 43.6 Å². The third kappa shape index (κ3) is 4.86. The topological polar surface area (TPSA) is 67.9 Å². The van der Waals surface area contributed by atoms with E-state index in [9.17, 15) is 9.59 Å². The van der Waals surface area contributed by atoms with Crippen LogP contribution in [-0.2, 0) is 16.0 Å². The molecular formula is C21H24N2O4. The molecule has 6 nitrogen and oxygen atoms in total. The maximum Gasteiger partial charge on any atom is 0.228 e. The summed E-state index contributed by atoms with van der Waals surface area (Å²) in [6.07, 6.45) is 0.134. The van der Waals surface area contributed by atoms with E-state index in [4.69, 9.17) is 9.47 Å². The Morgan fingerprint density at radius 3 is 2.44 bits per heavy atom. The summed E-state index contributed by atoms with van der Waals surface area (Å²) in [7, 11) is 1.55. The van der Waals surface area contributed by atoms with Crippen LogP contribution in [0.2, 0.25) is 0 Å². The first-order valence-electron chi connectivity index (χ1n) is 8.97. The second-order valence-electron chi connectivity index (χ2n) is 6.45. The number of benzene rings is 2. The molecule has 0 unspecified atom stereocenters. The number of Topliss-reactive ketones (excluding diaryl/α,β-unsaturated/α-hetero) is 1. The number of hydrogen-bond donors (Lipinski definition) is 1. The molecule has 6 heteroatoms. The number of carbonyl (C=O) groups is 2. The van der Waals surface area contributed by atoms with Gasteiger partial charge in [-0.15, -0.1) is 0 Å². The molecule has 0 spiro atoms. The van der Waals surface area contributed by atoms with Gasteiger partial charge in [0.15, 0.2) is 5.78 Å². The predicted molar refractivity (Wildman–Crippen MR) is 105 cm³/mol. The molecule has 0 aliphatic carbocycles. The van der Waals surface area contributed by atoms with Crippen molar-refractivity contribution in [3.63, 3.8) is 0 Å². The van der Waals surface area contributed by atoms with Crippen molar-refractivity contribution < 1.29 is 19.1 Å². The molecule has 0 saturated carbocycles. The molecule has 1 saturated heterocycles. The Labute approximate surface area is 159 Å². The first kappa shape index (κ1) is 18.9. The van der Waals surface area contributed by atoms with Crippen LogP contribution in [0.15, 0.2) is 42.5 Å². The van der Waals surface area contributed by atoms with Crippen LogP contribution in [-0.4, -0.2) is 45.1 Å². The summed E-state index contributed by atoms with van der Waals surface area (Å²) in [5.74, 6) is 0.393. The number of nitrogens with zero attached hydrogens (tertiary/aromatic N) is 1. The average Bonchev–Trinajstić information content (AvgIpc) is 2.69. The number of ether oxygens (including phenoxy) is 2. The van der Waals surface area contributed by atoms with E-state index in [1.165, 1.54) is 6.92 Å². The van der Waals surface area contributed by atoms with Gasteiger partial charge in [-0.2, -0.15) is 0 Å². The highest BCUT2D eigenvalue weighted by Gasteiger charge is 2.13. The number of carbonyl (C=O) groups excluding carboxylic acids is 2. The van der Waals surface area contributed by atoms with Crippen LogP contribution < -0.4 is 15.0 Å². The van der Waals surface area contributed by atoms with Crippen molar-refractivity contribution in [1.29, 1.82) is 0 Å². The smallest absolute Gasteiger partial charge is 0.228 e. The van der Waals surface area contributed by atoms with Gasteiger partial charge in [0.1, 0.15) is 5.75 Å². The lowest BCUT2D eigenvalue weighted by Gasteiger charge is -2.28. The Hall–Kier alpha value is -2.86. The molecule has 0 radical (unpaired) electrons. The fourth-order valence-corrected chi connectivity index (χ4v) is 3.09. The largest absolute Gasteiger partial charge is 0.496 e. The molecule has 3 rings (SSSR count). The molecule has 2 aromatic rings. The van der Waals surface area contributed by atoms with E-state index < -0.39 is 0 Å². The zero-order chi connectivity index (χ0) is 19.2. The van der Waals surface area contributed by atoms with E-state index in [0.717, 1.165) is 37.7 Å². The van der Waals surface area contributed by atoms with Crippen molar-refractivity contribution in [1.82, 2.24) is 0 Å². The molecule has 0 aromatic heterocycles. The minimum atomic E-state index is -0.159. The Balaban J connectivity index is 1.65. The molecule has 1 heterocycles. The molecule has 0 atom stereocenters. The van der Waals surface area contributed by atoms with Gasteiger partial charge >= 0.3 is 0 Å². The van der Waals surface area contributed by atoms with E-state index in [1.54, 1.807) is 25.3 Å². The molecule has 1 amide bonds. The number of amides is 1. The van der Waals surface area contributed by atoms with E-state index in [-0.39, 0.29) is 18.1 Å². The fourth-order valence-electron chi connectivity index (χ4n) is 3.09. The second-order valence-corrected chi connectivity index (χ2v) is 6.45. The number of nitrogens with one attached hydrogen (secondary N) is 1. The summed E-state index contributed by atoms with van der Waals surface area (Å²) in [5, 5.41) is 2.90.